The van der Waals surface area contributed by atoms with Crippen LogP contribution in [0.15, 0.2) is 27.8 Å². The molecule has 0 aliphatic heterocycles. The molecule has 1 heterocycles. The SMILES string of the molecule is CC(NS(=O)(=O)c1c(Br)nnn1C)c1ccc(Cl)cc1Cl. The summed E-state index contributed by atoms with van der Waals surface area (Å²) < 4.78 is 28.6. The largest absolute Gasteiger partial charge is 0.261 e. The van der Waals surface area contributed by atoms with Gasteiger partial charge in [0.1, 0.15) is 0 Å². The average Bonchev–Trinajstić information content (AvgIpc) is 2.68. The summed E-state index contributed by atoms with van der Waals surface area (Å²) in [6.07, 6.45) is 0. The number of benzene rings is 1. The molecular weight excluding hydrogens is 403 g/mol. The van der Waals surface area contributed by atoms with E-state index in [-0.39, 0.29) is 9.63 Å². The maximum atomic E-state index is 12.4. The zero-order valence-electron chi connectivity index (χ0n) is 11.0. The van der Waals surface area contributed by atoms with Gasteiger partial charge in [0.05, 0.1) is 0 Å². The van der Waals surface area contributed by atoms with Crippen molar-refractivity contribution in [3.63, 3.8) is 0 Å². The highest BCUT2D eigenvalue weighted by atomic mass is 79.9. The van der Waals surface area contributed by atoms with Gasteiger partial charge in [-0.25, -0.2) is 17.8 Å². The Balaban J connectivity index is 2.32. The second kappa shape index (κ2) is 6.21. The molecule has 0 bridgehead atoms. The molecule has 0 radical (unpaired) electrons. The van der Waals surface area contributed by atoms with Crippen molar-refractivity contribution in [1.29, 1.82) is 0 Å². The molecule has 2 rings (SSSR count). The third kappa shape index (κ3) is 3.57. The molecule has 1 atom stereocenters. The van der Waals surface area contributed by atoms with Crippen LogP contribution in [0.25, 0.3) is 0 Å². The third-order valence-corrected chi connectivity index (χ3v) is 5.74. The summed E-state index contributed by atoms with van der Waals surface area (Å²) in [5.74, 6) is 0. The molecule has 1 aromatic heterocycles. The fourth-order valence-electron chi connectivity index (χ4n) is 1.81. The minimum atomic E-state index is -3.80. The summed E-state index contributed by atoms with van der Waals surface area (Å²) in [4.78, 5) is 0. The van der Waals surface area contributed by atoms with Gasteiger partial charge in [-0.05, 0) is 40.5 Å². The molecular formula is C11H11BrCl2N4O2S. The summed E-state index contributed by atoms with van der Waals surface area (Å²) in [6, 6.07) is 4.34. The van der Waals surface area contributed by atoms with Crippen LogP contribution in [0.2, 0.25) is 10.0 Å². The molecule has 2 aromatic rings. The number of hydrogen-bond donors (Lipinski definition) is 1. The number of aryl methyl sites for hydroxylation is 1. The van der Waals surface area contributed by atoms with Crippen molar-refractivity contribution < 1.29 is 8.42 Å². The highest BCUT2D eigenvalue weighted by molar-refractivity contribution is 9.10. The van der Waals surface area contributed by atoms with E-state index in [9.17, 15) is 8.42 Å². The summed E-state index contributed by atoms with van der Waals surface area (Å²) in [7, 11) is -2.31. The average molecular weight is 414 g/mol. The molecule has 0 amide bonds. The van der Waals surface area contributed by atoms with Crippen LogP contribution in [0.4, 0.5) is 0 Å². The lowest BCUT2D eigenvalue weighted by Crippen LogP contribution is -2.29. The molecule has 6 nitrogen and oxygen atoms in total. The van der Waals surface area contributed by atoms with E-state index in [1.54, 1.807) is 25.1 Å². The minimum Gasteiger partial charge on any atom is -0.235 e. The molecule has 10 heteroatoms. The van der Waals surface area contributed by atoms with Gasteiger partial charge in [-0.3, -0.25) is 0 Å². The van der Waals surface area contributed by atoms with E-state index in [1.807, 2.05) is 0 Å². The van der Waals surface area contributed by atoms with Gasteiger partial charge in [-0.15, -0.1) is 5.10 Å². The molecule has 0 saturated carbocycles. The Labute approximate surface area is 140 Å². The Kier molecular flexibility index (Phi) is 4.94. The fraction of sp³-hybridized carbons (Fsp3) is 0.273. The Hall–Kier alpha value is -0.670. The first-order chi connectivity index (χ1) is 9.72. The first-order valence-corrected chi connectivity index (χ1v) is 8.78. The molecule has 1 N–H and O–H groups in total. The van der Waals surface area contributed by atoms with Crippen LogP contribution < -0.4 is 4.72 Å². The van der Waals surface area contributed by atoms with Gasteiger partial charge in [0.15, 0.2) is 4.60 Å². The number of aromatic nitrogens is 3. The molecule has 1 aromatic carbocycles. The molecule has 0 saturated heterocycles. The predicted molar refractivity (Wildman–Crippen MR) is 83.9 cm³/mol. The molecule has 0 spiro atoms. The van der Waals surface area contributed by atoms with Crippen molar-refractivity contribution in [3.8, 4) is 0 Å². The molecule has 0 aliphatic carbocycles. The quantitative estimate of drug-likeness (QED) is 0.835. The lowest BCUT2D eigenvalue weighted by molar-refractivity contribution is 0.548. The zero-order chi connectivity index (χ0) is 15.8. The van der Waals surface area contributed by atoms with Gasteiger partial charge in [-0.1, -0.05) is 34.5 Å². The maximum Gasteiger partial charge on any atom is 0.261 e. The monoisotopic (exact) mass is 412 g/mol. The van der Waals surface area contributed by atoms with Gasteiger partial charge < -0.3 is 0 Å². The molecule has 0 aliphatic rings. The maximum absolute atomic E-state index is 12.4. The highest BCUT2D eigenvalue weighted by Crippen LogP contribution is 2.28. The topological polar surface area (TPSA) is 76.9 Å². The smallest absolute Gasteiger partial charge is 0.235 e. The first kappa shape index (κ1) is 16.7. The summed E-state index contributed by atoms with van der Waals surface area (Å²) in [6.45, 7) is 1.68. The van der Waals surface area contributed by atoms with Crippen LogP contribution in [0, 0.1) is 0 Å². The van der Waals surface area contributed by atoms with E-state index < -0.39 is 16.1 Å². The van der Waals surface area contributed by atoms with Gasteiger partial charge in [-0.2, -0.15) is 0 Å². The summed E-state index contributed by atoms with van der Waals surface area (Å²) >= 11 is 15.0. The number of nitrogens with one attached hydrogen (secondary N) is 1. The third-order valence-electron chi connectivity index (χ3n) is 2.75. The van der Waals surface area contributed by atoms with Crippen LogP contribution in [0.3, 0.4) is 0 Å². The van der Waals surface area contributed by atoms with Crippen molar-refractivity contribution >= 4 is 49.2 Å². The van der Waals surface area contributed by atoms with E-state index in [0.29, 0.717) is 15.6 Å². The Bertz CT molecular complexity index is 759. The lowest BCUT2D eigenvalue weighted by Gasteiger charge is -2.16. The second-order valence-electron chi connectivity index (χ2n) is 4.32. The predicted octanol–water partition coefficient (Wildman–Crippen LogP) is 2.92. The molecule has 1 unspecified atom stereocenters. The lowest BCUT2D eigenvalue weighted by atomic mass is 10.1. The Morgan fingerprint density at radius 2 is 2.05 bits per heavy atom. The second-order valence-corrected chi connectivity index (χ2v) is 7.54. The van der Waals surface area contributed by atoms with Crippen LogP contribution in [-0.4, -0.2) is 23.4 Å². The van der Waals surface area contributed by atoms with E-state index in [4.69, 9.17) is 23.2 Å². The standard InChI is InChI=1S/C11H11BrCl2N4O2S/c1-6(8-4-3-7(13)5-9(8)14)16-21(19,20)11-10(12)15-17-18(11)2/h3-6,16H,1-2H3. The highest BCUT2D eigenvalue weighted by Gasteiger charge is 2.26. The molecule has 21 heavy (non-hydrogen) atoms. The zero-order valence-corrected chi connectivity index (χ0v) is 14.9. The number of nitrogens with zero attached hydrogens (tertiary/aromatic N) is 3. The van der Waals surface area contributed by atoms with Gasteiger partial charge in [0.2, 0.25) is 5.03 Å². The van der Waals surface area contributed by atoms with E-state index in [2.05, 4.69) is 31.0 Å². The fourth-order valence-corrected chi connectivity index (χ4v) is 4.70. The van der Waals surface area contributed by atoms with E-state index in [1.165, 1.54) is 11.7 Å². The van der Waals surface area contributed by atoms with Crippen LogP contribution >= 0.6 is 39.1 Å². The van der Waals surface area contributed by atoms with Gasteiger partial charge in [0.25, 0.3) is 10.0 Å². The normalized spacial score (nSPS) is 13.4. The van der Waals surface area contributed by atoms with Gasteiger partial charge >= 0.3 is 0 Å². The number of halogens is 3. The number of rotatable bonds is 4. The van der Waals surface area contributed by atoms with Crippen molar-refractivity contribution in [1.82, 2.24) is 19.7 Å². The molecule has 0 fully saturated rings. The Morgan fingerprint density at radius 1 is 1.38 bits per heavy atom. The van der Waals surface area contributed by atoms with Crippen molar-refractivity contribution in [2.24, 2.45) is 7.05 Å². The first-order valence-electron chi connectivity index (χ1n) is 5.75. The van der Waals surface area contributed by atoms with Crippen molar-refractivity contribution in [2.75, 3.05) is 0 Å². The van der Waals surface area contributed by atoms with Crippen LogP contribution in [0.5, 0.6) is 0 Å². The van der Waals surface area contributed by atoms with Gasteiger partial charge in [0, 0.05) is 23.1 Å². The van der Waals surface area contributed by atoms with E-state index in [0.717, 1.165) is 0 Å². The van der Waals surface area contributed by atoms with Crippen molar-refractivity contribution in [3.05, 3.63) is 38.4 Å². The molecule has 114 valence electrons. The summed E-state index contributed by atoms with van der Waals surface area (Å²) in [5, 5.41) is 8.12. The summed E-state index contributed by atoms with van der Waals surface area (Å²) in [5.41, 5.74) is 0.621. The van der Waals surface area contributed by atoms with Crippen LogP contribution in [-0.2, 0) is 17.1 Å². The minimum absolute atomic E-state index is 0.0561. The Morgan fingerprint density at radius 3 is 2.57 bits per heavy atom. The number of sulfonamides is 1. The van der Waals surface area contributed by atoms with Crippen molar-refractivity contribution in [2.45, 2.75) is 18.0 Å². The van der Waals surface area contributed by atoms with E-state index >= 15 is 0 Å². The van der Waals surface area contributed by atoms with Crippen LogP contribution in [0.1, 0.15) is 18.5 Å². The number of hydrogen-bond acceptors (Lipinski definition) is 4.